The molecule has 3 N–H and O–H groups in total. The molecule has 0 spiro atoms. The monoisotopic (exact) mass is 352 g/mol. The van der Waals surface area contributed by atoms with Gasteiger partial charge in [0.2, 0.25) is 0 Å². The largest absolute Gasteiger partial charge is 0.508 e. The molecule has 0 saturated carbocycles. The molecule has 0 aliphatic rings. The summed E-state index contributed by atoms with van der Waals surface area (Å²) in [5, 5.41) is 30.1. The zero-order valence-corrected chi connectivity index (χ0v) is 14.1. The van der Waals surface area contributed by atoms with Gasteiger partial charge in [-0.3, -0.25) is 0 Å². The number of hydrogen-bond donors (Lipinski definition) is 3. The van der Waals surface area contributed by atoms with Crippen LogP contribution in [0.4, 0.5) is 0 Å². The van der Waals surface area contributed by atoms with E-state index in [1.165, 1.54) is 6.07 Å². The molecule has 0 aliphatic carbocycles. The van der Waals surface area contributed by atoms with Crippen LogP contribution in [0.25, 0.3) is 12.2 Å². The van der Waals surface area contributed by atoms with Gasteiger partial charge in [0.15, 0.2) is 0 Å². The maximum Gasteiger partial charge on any atom is 0.123 e. The van der Waals surface area contributed by atoms with Crippen molar-refractivity contribution in [2.45, 2.75) is 6.42 Å². The Balaban J connectivity index is 1.94. The van der Waals surface area contributed by atoms with E-state index in [1.54, 1.807) is 42.5 Å². The second kappa shape index (κ2) is 7.32. The molecule has 3 rings (SSSR count). The Labute approximate surface area is 151 Å². The van der Waals surface area contributed by atoms with Crippen LogP contribution in [0.3, 0.4) is 0 Å². The Kier molecular flexibility index (Phi) is 4.96. The minimum Gasteiger partial charge on any atom is -0.508 e. The predicted octanol–water partition coefficient (Wildman–Crippen LogP) is 5.22. The standard InChI is InChI=1S/C21H17ClO3/c22-17-7-2-14(3-8-17)1-6-16-12-19(24)13-21(25)20(16)11-15-4-9-18(23)10-5-15/h1-10,12-13,23-25H,11H2/b6-1+. The summed E-state index contributed by atoms with van der Waals surface area (Å²) < 4.78 is 0. The van der Waals surface area contributed by atoms with Crippen LogP contribution >= 0.6 is 11.6 Å². The Morgan fingerprint density at radius 2 is 1.44 bits per heavy atom. The van der Waals surface area contributed by atoms with E-state index in [2.05, 4.69) is 0 Å². The summed E-state index contributed by atoms with van der Waals surface area (Å²) in [6, 6.07) is 17.1. The Morgan fingerprint density at radius 3 is 2.12 bits per heavy atom. The van der Waals surface area contributed by atoms with Gasteiger partial charge in [-0.05, 0) is 47.0 Å². The highest BCUT2D eigenvalue weighted by Crippen LogP contribution is 2.31. The summed E-state index contributed by atoms with van der Waals surface area (Å²) in [5.41, 5.74) is 3.33. The lowest BCUT2D eigenvalue weighted by atomic mass is 9.97. The van der Waals surface area contributed by atoms with E-state index in [4.69, 9.17) is 11.6 Å². The van der Waals surface area contributed by atoms with E-state index in [1.807, 2.05) is 24.3 Å². The van der Waals surface area contributed by atoms with Crippen molar-refractivity contribution in [3.05, 3.63) is 87.9 Å². The lowest BCUT2D eigenvalue weighted by Gasteiger charge is -2.10. The van der Waals surface area contributed by atoms with Crippen LogP contribution in [0.2, 0.25) is 5.02 Å². The molecular formula is C21H17ClO3. The molecule has 3 aromatic rings. The van der Waals surface area contributed by atoms with Gasteiger partial charge in [-0.2, -0.15) is 0 Å². The van der Waals surface area contributed by atoms with E-state index >= 15 is 0 Å². The SMILES string of the molecule is Oc1ccc(Cc2c(O)cc(O)cc2/C=C/c2ccc(Cl)cc2)cc1. The second-order valence-corrected chi connectivity index (χ2v) is 6.20. The van der Waals surface area contributed by atoms with Crippen LogP contribution in [-0.4, -0.2) is 15.3 Å². The van der Waals surface area contributed by atoms with Gasteiger partial charge >= 0.3 is 0 Å². The van der Waals surface area contributed by atoms with Gasteiger partial charge in [0.25, 0.3) is 0 Å². The number of halogens is 1. The van der Waals surface area contributed by atoms with E-state index < -0.39 is 0 Å². The highest BCUT2D eigenvalue weighted by atomic mass is 35.5. The third kappa shape index (κ3) is 4.34. The highest BCUT2D eigenvalue weighted by molar-refractivity contribution is 6.30. The number of phenolic OH excluding ortho intramolecular Hbond substituents is 3. The average Bonchev–Trinajstić information content (AvgIpc) is 2.59. The van der Waals surface area contributed by atoms with Crippen molar-refractivity contribution in [2.24, 2.45) is 0 Å². The minimum atomic E-state index is 0.00251. The summed E-state index contributed by atoms with van der Waals surface area (Å²) in [6.07, 6.45) is 4.22. The van der Waals surface area contributed by atoms with Crippen LogP contribution in [0, 0.1) is 0 Å². The summed E-state index contributed by atoms with van der Waals surface area (Å²) in [4.78, 5) is 0. The molecule has 0 saturated heterocycles. The number of phenols is 3. The molecule has 0 atom stereocenters. The summed E-state index contributed by atoms with van der Waals surface area (Å²) in [5.74, 6) is 0.230. The number of hydrogen-bond acceptors (Lipinski definition) is 3. The van der Waals surface area contributed by atoms with Crippen LogP contribution in [0.15, 0.2) is 60.7 Å². The molecule has 126 valence electrons. The molecule has 4 heteroatoms. The van der Waals surface area contributed by atoms with Crippen molar-refractivity contribution in [1.82, 2.24) is 0 Å². The molecule has 0 aliphatic heterocycles. The Morgan fingerprint density at radius 1 is 0.760 bits per heavy atom. The van der Waals surface area contributed by atoms with Gasteiger partial charge in [-0.15, -0.1) is 0 Å². The fourth-order valence-electron chi connectivity index (χ4n) is 2.58. The van der Waals surface area contributed by atoms with Gasteiger partial charge in [0.1, 0.15) is 17.2 Å². The fraction of sp³-hybridized carbons (Fsp3) is 0.0476. The molecule has 3 aromatic carbocycles. The van der Waals surface area contributed by atoms with Gasteiger partial charge in [-0.1, -0.05) is 48.0 Å². The number of benzene rings is 3. The Hall–Kier alpha value is -2.91. The number of aromatic hydroxyl groups is 3. The van der Waals surface area contributed by atoms with Gasteiger partial charge in [0.05, 0.1) is 0 Å². The third-order valence-corrected chi connectivity index (χ3v) is 4.14. The summed E-state index contributed by atoms with van der Waals surface area (Å²) >= 11 is 5.89. The first kappa shape index (κ1) is 16.9. The van der Waals surface area contributed by atoms with Crippen LogP contribution in [0.1, 0.15) is 22.3 Å². The minimum absolute atomic E-state index is 0.00251. The highest BCUT2D eigenvalue weighted by Gasteiger charge is 2.10. The van der Waals surface area contributed by atoms with Gasteiger partial charge in [-0.25, -0.2) is 0 Å². The van der Waals surface area contributed by atoms with Gasteiger partial charge < -0.3 is 15.3 Å². The van der Waals surface area contributed by atoms with E-state index in [9.17, 15) is 15.3 Å². The van der Waals surface area contributed by atoms with E-state index in [-0.39, 0.29) is 17.2 Å². The summed E-state index contributed by atoms with van der Waals surface area (Å²) in [7, 11) is 0. The molecule has 0 fully saturated rings. The predicted molar refractivity (Wildman–Crippen MR) is 101 cm³/mol. The van der Waals surface area contributed by atoms with Crippen molar-refractivity contribution >= 4 is 23.8 Å². The quantitative estimate of drug-likeness (QED) is 0.564. The molecule has 3 nitrogen and oxygen atoms in total. The first-order chi connectivity index (χ1) is 12.0. The zero-order valence-electron chi connectivity index (χ0n) is 13.4. The third-order valence-electron chi connectivity index (χ3n) is 3.89. The van der Waals surface area contributed by atoms with Crippen molar-refractivity contribution in [2.75, 3.05) is 0 Å². The van der Waals surface area contributed by atoms with Crippen LogP contribution in [0.5, 0.6) is 17.2 Å². The van der Waals surface area contributed by atoms with Crippen molar-refractivity contribution in [3.8, 4) is 17.2 Å². The molecule has 0 amide bonds. The maximum atomic E-state index is 10.3. The van der Waals surface area contributed by atoms with Gasteiger partial charge in [0, 0.05) is 23.1 Å². The van der Waals surface area contributed by atoms with Crippen LogP contribution in [-0.2, 0) is 6.42 Å². The van der Waals surface area contributed by atoms with E-state index in [0.717, 1.165) is 16.7 Å². The molecule has 0 heterocycles. The normalized spacial score (nSPS) is 11.1. The lowest BCUT2D eigenvalue weighted by Crippen LogP contribution is -1.93. The second-order valence-electron chi connectivity index (χ2n) is 5.76. The number of rotatable bonds is 4. The maximum absolute atomic E-state index is 10.3. The molecule has 0 aromatic heterocycles. The first-order valence-electron chi connectivity index (χ1n) is 7.78. The molecule has 0 bridgehead atoms. The van der Waals surface area contributed by atoms with Crippen molar-refractivity contribution < 1.29 is 15.3 Å². The molecule has 25 heavy (non-hydrogen) atoms. The molecular weight excluding hydrogens is 336 g/mol. The average molecular weight is 353 g/mol. The molecule has 0 radical (unpaired) electrons. The van der Waals surface area contributed by atoms with E-state index in [0.29, 0.717) is 17.0 Å². The van der Waals surface area contributed by atoms with Crippen LogP contribution < -0.4 is 0 Å². The van der Waals surface area contributed by atoms with Crippen molar-refractivity contribution in [1.29, 1.82) is 0 Å². The first-order valence-corrected chi connectivity index (χ1v) is 8.15. The van der Waals surface area contributed by atoms with Crippen molar-refractivity contribution in [3.63, 3.8) is 0 Å². The summed E-state index contributed by atoms with van der Waals surface area (Å²) in [6.45, 7) is 0. The topological polar surface area (TPSA) is 60.7 Å². The molecule has 0 unspecified atom stereocenters. The Bertz CT molecular complexity index is 898. The smallest absolute Gasteiger partial charge is 0.123 e. The fourth-order valence-corrected chi connectivity index (χ4v) is 2.71. The lowest BCUT2D eigenvalue weighted by molar-refractivity contribution is 0.446. The zero-order chi connectivity index (χ0) is 17.8.